The second-order valence-electron chi connectivity index (χ2n) is 18.3. The SMILES string of the molecule is CC[C@H](C)[C@@H]([C@@H](CC(=O)N1CCC[C@H]1[C@H](OC)[C@@H](C)C(=O)N[C@@H](Cc1ccccc1)C(=O)OC)OC)N(C)C(=O)[C@@H](CC(=O)[C@H](C(C)C)N(C)CCc1ccc(NC)cc1)C(C)C. The van der Waals surface area contributed by atoms with Crippen molar-refractivity contribution in [2.45, 2.75) is 130 Å². The zero-order valence-electron chi connectivity index (χ0n) is 40.5. The molecule has 1 aliphatic rings. The third-order valence-corrected chi connectivity index (χ3v) is 13.3. The lowest BCUT2D eigenvalue weighted by molar-refractivity contribution is -0.150. The number of anilines is 1. The summed E-state index contributed by atoms with van der Waals surface area (Å²) in [5.41, 5.74) is 3.12. The Balaban J connectivity index is 1.77. The number of likely N-dealkylation sites (N-methyl/N-ethyl adjacent to an activating group) is 2. The van der Waals surface area contributed by atoms with Gasteiger partial charge in [0.15, 0.2) is 5.78 Å². The van der Waals surface area contributed by atoms with E-state index in [0.29, 0.717) is 19.5 Å². The van der Waals surface area contributed by atoms with E-state index >= 15 is 0 Å². The Morgan fingerprint density at radius 3 is 2.03 bits per heavy atom. The van der Waals surface area contributed by atoms with Crippen LogP contribution in [0.25, 0.3) is 0 Å². The highest BCUT2D eigenvalue weighted by molar-refractivity contribution is 5.90. The first-order valence-electron chi connectivity index (χ1n) is 23.0. The first-order chi connectivity index (χ1) is 29.9. The summed E-state index contributed by atoms with van der Waals surface area (Å²) in [7, 11) is 10.1. The molecule has 3 amide bonds. The fraction of sp³-hybridized carbons (Fsp3) is 0.660. The summed E-state index contributed by atoms with van der Waals surface area (Å²) in [4.78, 5) is 75.4. The molecule has 0 saturated carbocycles. The zero-order valence-corrected chi connectivity index (χ0v) is 40.5. The van der Waals surface area contributed by atoms with Crippen LogP contribution in [0, 0.1) is 29.6 Å². The molecule has 0 aromatic heterocycles. The highest BCUT2D eigenvalue weighted by Gasteiger charge is 2.43. The van der Waals surface area contributed by atoms with Crippen LogP contribution in [0.15, 0.2) is 54.6 Å². The standard InChI is InChI=1S/C50H79N5O8/c1-14-34(6)46(54(10)49(59)39(32(2)3)30-42(56)45(33(4)5)53(9)28-26-36-22-24-38(51-8)25-23-36)43(61-11)31-44(57)55-27-18-21-41(55)47(62-12)35(7)48(58)52-40(50(60)63-13)29-37-19-16-15-17-20-37/h15-17,19-20,22-25,32-35,39-41,43,45-47,51H,14,18,21,26-31H2,1-13H3,(H,52,58)/t34-,35+,39-,40-,41-,43+,45-,46-,47+/m0/s1. The molecule has 2 N–H and O–H groups in total. The number of likely N-dealkylation sites (tertiary alicyclic amines) is 1. The molecule has 352 valence electrons. The Hall–Kier alpha value is -4.33. The van der Waals surface area contributed by atoms with Gasteiger partial charge in [0.1, 0.15) is 6.04 Å². The van der Waals surface area contributed by atoms with Crippen molar-refractivity contribution in [2.75, 3.05) is 60.9 Å². The molecule has 1 fully saturated rings. The fourth-order valence-electron chi connectivity index (χ4n) is 9.41. The summed E-state index contributed by atoms with van der Waals surface area (Å²) in [6.45, 7) is 15.2. The zero-order chi connectivity index (χ0) is 47.0. The average molecular weight is 878 g/mol. The third kappa shape index (κ3) is 14.6. The van der Waals surface area contributed by atoms with Crippen LogP contribution in [0.3, 0.4) is 0 Å². The number of benzene rings is 2. The molecular formula is C50H79N5O8. The summed E-state index contributed by atoms with van der Waals surface area (Å²) < 4.78 is 17.1. The Labute approximate surface area is 378 Å². The van der Waals surface area contributed by atoms with Crippen molar-refractivity contribution in [1.82, 2.24) is 20.0 Å². The van der Waals surface area contributed by atoms with Gasteiger partial charge in [-0.1, -0.05) is 97.4 Å². The first kappa shape index (κ1) is 53.0. The molecule has 2 aromatic rings. The number of carbonyl (C=O) groups excluding carboxylic acids is 5. The molecule has 63 heavy (non-hydrogen) atoms. The molecule has 0 unspecified atom stereocenters. The lowest BCUT2D eigenvalue weighted by Gasteiger charge is -2.41. The molecule has 9 atom stereocenters. The molecule has 1 heterocycles. The first-order valence-corrected chi connectivity index (χ1v) is 23.0. The quantitative estimate of drug-likeness (QED) is 0.104. The van der Waals surface area contributed by atoms with Gasteiger partial charge in [-0.25, -0.2) is 4.79 Å². The average Bonchev–Trinajstić information content (AvgIpc) is 3.76. The van der Waals surface area contributed by atoms with Gasteiger partial charge in [0.2, 0.25) is 17.7 Å². The summed E-state index contributed by atoms with van der Waals surface area (Å²) in [6.07, 6.45) is 2.01. The number of methoxy groups -OCH3 is 3. The highest BCUT2D eigenvalue weighted by atomic mass is 16.5. The van der Waals surface area contributed by atoms with Gasteiger partial charge in [-0.2, -0.15) is 0 Å². The number of esters is 1. The molecule has 13 nitrogen and oxygen atoms in total. The van der Waals surface area contributed by atoms with Crippen LogP contribution in [0.2, 0.25) is 0 Å². The van der Waals surface area contributed by atoms with Crippen molar-refractivity contribution in [1.29, 1.82) is 0 Å². The maximum atomic E-state index is 14.6. The highest BCUT2D eigenvalue weighted by Crippen LogP contribution is 2.31. The van der Waals surface area contributed by atoms with E-state index in [4.69, 9.17) is 14.2 Å². The van der Waals surface area contributed by atoms with Gasteiger partial charge in [0.25, 0.3) is 0 Å². The van der Waals surface area contributed by atoms with Gasteiger partial charge in [0.05, 0.1) is 49.8 Å². The lowest BCUT2D eigenvalue weighted by atomic mass is 9.83. The van der Waals surface area contributed by atoms with Crippen molar-refractivity contribution in [3.63, 3.8) is 0 Å². The van der Waals surface area contributed by atoms with Crippen LogP contribution < -0.4 is 10.6 Å². The molecule has 13 heteroatoms. The Kier molecular flexibility index (Phi) is 21.7. The van der Waals surface area contributed by atoms with E-state index in [1.165, 1.54) is 19.8 Å². The Morgan fingerprint density at radius 1 is 0.841 bits per heavy atom. The van der Waals surface area contributed by atoms with Gasteiger partial charge in [-0.3, -0.25) is 24.1 Å². The van der Waals surface area contributed by atoms with Crippen LogP contribution in [-0.4, -0.2) is 136 Å². The smallest absolute Gasteiger partial charge is 0.328 e. The maximum Gasteiger partial charge on any atom is 0.328 e. The van der Waals surface area contributed by atoms with Crippen molar-refractivity contribution in [3.8, 4) is 0 Å². The van der Waals surface area contributed by atoms with Gasteiger partial charge in [-0.15, -0.1) is 0 Å². The number of carbonyl (C=O) groups is 5. The second kappa shape index (κ2) is 25.8. The summed E-state index contributed by atoms with van der Waals surface area (Å²) in [5, 5.41) is 6.02. The largest absolute Gasteiger partial charge is 0.467 e. The van der Waals surface area contributed by atoms with Crippen molar-refractivity contribution >= 4 is 35.2 Å². The van der Waals surface area contributed by atoms with Crippen LogP contribution in [-0.2, 0) is 51.0 Å². The summed E-state index contributed by atoms with van der Waals surface area (Å²) in [5.74, 6) is -2.51. The van der Waals surface area contributed by atoms with E-state index in [1.54, 1.807) is 30.9 Å². The van der Waals surface area contributed by atoms with Crippen LogP contribution in [0.4, 0.5) is 5.69 Å². The monoisotopic (exact) mass is 878 g/mol. The van der Waals surface area contributed by atoms with Crippen molar-refractivity contribution in [3.05, 3.63) is 65.7 Å². The molecule has 1 aliphatic heterocycles. The van der Waals surface area contributed by atoms with Gasteiger partial charge < -0.3 is 34.6 Å². The minimum absolute atomic E-state index is 0.0152. The number of ketones is 1. The van der Waals surface area contributed by atoms with E-state index in [2.05, 4.69) is 67.5 Å². The number of nitrogens with one attached hydrogen (secondary N) is 2. The molecule has 0 spiro atoms. The number of rotatable bonds is 26. The molecule has 0 aliphatic carbocycles. The predicted molar refractivity (Wildman–Crippen MR) is 249 cm³/mol. The number of nitrogens with zero attached hydrogens (tertiary/aromatic N) is 3. The number of amides is 3. The van der Waals surface area contributed by atoms with Gasteiger partial charge >= 0.3 is 5.97 Å². The van der Waals surface area contributed by atoms with E-state index < -0.39 is 48.1 Å². The molecule has 0 bridgehead atoms. The van der Waals surface area contributed by atoms with E-state index in [1.807, 2.05) is 58.3 Å². The lowest BCUT2D eigenvalue weighted by Crippen LogP contribution is -2.55. The summed E-state index contributed by atoms with van der Waals surface area (Å²) >= 11 is 0. The number of hydrogen-bond acceptors (Lipinski definition) is 10. The van der Waals surface area contributed by atoms with Crippen molar-refractivity contribution < 1.29 is 38.2 Å². The number of Topliss-reactive ketones (excluding diaryl/α,β-unsaturated/α-hetero) is 1. The molecular weight excluding hydrogens is 799 g/mol. The second-order valence-corrected chi connectivity index (χ2v) is 18.3. The van der Waals surface area contributed by atoms with Crippen LogP contribution in [0.5, 0.6) is 0 Å². The fourth-order valence-corrected chi connectivity index (χ4v) is 9.41. The molecule has 2 aromatic carbocycles. The molecule has 3 rings (SSSR count). The van der Waals surface area contributed by atoms with Crippen LogP contribution >= 0.6 is 0 Å². The number of hydrogen-bond donors (Lipinski definition) is 2. The normalized spacial score (nSPS) is 18.0. The third-order valence-electron chi connectivity index (χ3n) is 13.3. The van der Waals surface area contributed by atoms with Gasteiger partial charge in [-0.05, 0) is 67.3 Å². The van der Waals surface area contributed by atoms with E-state index in [-0.39, 0.29) is 66.6 Å². The van der Waals surface area contributed by atoms with Crippen molar-refractivity contribution in [2.24, 2.45) is 29.6 Å². The van der Waals surface area contributed by atoms with E-state index in [9.17, 15) is 24.0 Å². The summed E-state index contributed by atoms with van der Waals surface area (Å²) in [6, 6.07) is 15.6. The Bertz CT molecular complexity index is 1740. The molecule has 0 radical (unpaired) electrons. The minimum atomic E-state index is -0.894. The van der Waals surface area contributed by atoms with E-state index in [0.717, 1.165) is 30.5 Å². The van der Waals surface area contributed by atoms with Crippen LogP contribution in [0.1, 0.15) is 91.7 Å². The Morgan fingerprint density at radius 2 is 1.49 bits per heavy atom. The molecule has 1 saturated heterocycles. The van der Waals surface area contributed by atoms with Gasteiger partial charge in [0, 0.05) is 65.9 Å². The maximum absolute atomic E-state index is 14.6. The topological polar surface area (TPSA) is 147 Å². The minimum Gasteiger partial charge on any atom is -0.467 e. The number of ether oxygens (including phenoxy) is 3. The predicted octanol–water partition coefficient (Wildman–Crippen LogP) is 6.28.